The molecule has 3 rings (SSSR count). The second-order valence-corrected chi connectivity index (χ2v) is 6.95. The van der Waals surface area contributed by atoms with Crippen LogP contribution >= 0.6 is 11.3 Å². The molecule has 1 fully saturated rings. The smallest absolute Gasteiger partial charge is 0.256 e. The van der Waals surface area contributed by atoms with Crippen LogP contribution in [0.1, 0.15) is 35.1 Å². The lowest BCUT2D eigenvalue weighted by Crippen LogP contribution is -2.41. The third kappa shape index (κ3) is 4.01. The van der Waals surface area contributed by atoms with Crippen molar-refractivity contribution >= 4 is 28.3 Å². The molecule has 0 spiro atoms. The van der Waals surface area contributed by atoms with Gasteiger partial charge in [-0.05, 0) is 31.4 Å². The summed E-state index contributed by atoms with van der Waals surface area (Å²) in [6.45, 7) is 2.84. The van der Waals surface area contributed by atoms with Gasteiger partial charge in [0.15, 0.2) is 0 Å². The maximum atomic E-state index is 13.8. The lowest BCUT2D eigenvalue weighted by Gasteiger charge is -2.31. The molecule has 8 heteroatoms. The third-order valence-electron chi connectivity index (χ3n) is 4.26. The number of rotatable bonds is 4. The summed E-state index contributed by atoms with van der Waals surface area (Å²) in [5, 5.41) is 12.1. The molecule has 2 heterocycles. The largest absolute Gasteiger partial charge is 0.339 e. The number of benzene rings is 1. The Bertz CT molecular complexity index is 772. The molecular formula is C17H19FN4O2S. The fourth-order valence-electron chi connectivity index (χ4n) is 2.80. The Morgan fingerprint density at radius 2 is 2.00 bits per heavy atom. The van der Waals surface area contributed by atoms with Crippen LogP contribution in [0.4, 0.5) is 9.52 Å². The molecule has 1 N–H and O–H groups in total. The molecule has 0 radical (unpaired) electrons. The number of anilines is 1. The summed E-state index contributed by atoms with van der Waals surface area (Å²) in [5.41, 5.74) is 0.0753. The van der Waals surface area contributed by atoms with Crippen molar-refractivity contribution in [3.8, 4) is 0 Å². The predicted octanol–water partition coefficient (Wildman–Crippen LogP) is 2.73. The highest BCUT2D eigenvalue weighted by atomic mass is 32.1. The number of hydrogen-bond acceptors (Lipinski definition) is 5. The van der Waals surface area contributed by atoms with E-state index in [2.05, 4.69) is 15.5 Å². The maximum absolute atomic E-state index is 13.8. The molecule has 1 saturated heterocycles. The van der Waals surface area contributed by atoms with Crippen molar-refractivity contribution in [2.45, 2.75) is 26.2 Å². The summed E-state index contributed by atoms with van der Waals surface area (Å²) in [4.78, 5) is 26.3. The first kappa shape index (κ1) is 17.5. The van der Waals surface area contributed by atoms with Gasteiger partial charge in [-0.15, -0.1) is 10.2 Å². The van der Waals surface area contributed by atoms with Gasteiger partial charge in [0, 0.05) is 19.0 Å². The number of nitrogens with zero attached hydrogens (tertiary/aromatic N) is 3. The van der Waals surface area contributed by atoms with Crippen LogP contribution in [0, 0.1) is 11.7 Å². The zero-order valence-corrected chi connectivity index (χ0v) is 14.7. The summed E-state index contributed by atoms with van der Waals surface area (Å²) in [5.74, 6) is -1.13. The van der Waals surface area contributed by atoms with E-state index in [9.17, 15) is 14.0 Å². The van der Waals surface area contributed by atoms with Crippen molar-refractivity contribution < 1.29 is 14.0 Å². The number of carbonyl (C=O) groups is 2. The van der Waals surface area contributed by atoms with Crippen LogP contribution < -0.4 is 5.32 Å². The molecule has 0 atom stereocenters. The van der Waals surface area contributed by atoms with Crippen molar-refractivity contribution in [3.63, 3.8) is 0 Å². The van der Waals surface area contributed by atoms with Crippen molar-refractivity contribution in [2.24, 2.45) is 5.92 Å². The Labute approximate surface area is 149 Å². The first-order chi connectivity index (χ1) is 12.1. The Morgan fingerprint density at radius 1 is 1.28 bits per heavy atom. The number of aryl methyl sites for hydroxylation is 1. The summed E-state index contributed by atoms with van der Waals surface area (Å²) < 4.78 is 13.8. The van der Waals surface area contributed by atoms with Crippen molar-refractivity contribution in [1.29, 1.82) is 0 Å². The molecule has 6 nitrogen and oxygen atoms in total. The van der Waals surface area contributed by atoms with Gasteiger partial charge in [-0.2, -0.15) is 0 Å². The van der Waals surface area contributed by atoms with Crippen LogP contribution in [0.25, 0.3) is 0 Å². The molecule has 132 valence electrons. The number of hydrogen-bond donors (Lipinski definition) is 1. The average Bonchev–Trinajstić information content (AvgIpc) is 3.09. The highest BCUT2D eigenvalue weighted by Gasteiger charge is 2.29. The van der Waals surface area contributed by atoms with E-state index in [1.54, 1.807) is 17.0 Å². The molecule has 1 aliphatic heterocycles. The van der Waals surface area contributed by atoms with E-state index in [0.29, 0.717) is 31.1 Å². The number of carbonyl (C=O) groups excluding carboxylic acids is 2. The Hall–Kier alpha value is -2.35. The number of aromatic nitrogens is 2. The topological polar surface area (TPSA) is 75.2 Å². The standard InChI is InChI=1S/C17H19FN4O2S/c1-2-14-20-21-17(25-14)19-15(23)11-7-9-22(10-8-11)16(24)12-5-3-4-6-13(12)18/h3-6,11H,2,7-10H2,1H3,(H,19,21,23). The van der Waals surface area contributed by atoms with Crippen LogP contribution in [0.2, 0.25) is 0 Å². The van der Waals surface area contributed by atoms with Gasteiger partial charge in [0.2, 0.25) is 11.0 Å². The molecule has 0 saturated carbocycles. The second-order valence-electron chi connectivity index (χ2n) is 5.89. The van der Waals surface area contributed by atoms with Crippen molar-refractivity contribution in [2.75, 3.05) is 18.4 Å². The highest BCUT2D eigenvalue weighted by Crippen LogP contribution is 2.23. The first-order valence-corrected chi connectivity index (χ1v) is 9.07. The molecule has 2 aromatic rings. The Kier molecular flexibility index (Phi) is 5.37. The van der Waals surface area contributed by atoms with Gasteiger partial charge in [0.05, 0.1) is 5.56 Å². The second kappa shape index (κ2) is 7.69. The van der Waals surface area contributed by atoms with Crippen LogP contribution in [0.3, 0.4) is 0 Å². The summed E-state index contributed by atoms with van der Waals surface area (Å²) in [6.07, 6.45) is 1.88. The van der Waals surface area contributed by atoms with Gasteiger partial charge < -0.3 is 10.2 Å². The normalized spacial score (nSPS) is 15.2. The van der Waals surface area contributed by atoms with Crippen molar-refractivity contribution in [1.82, 2.24) is 15.1 Å². The van der Waals surface area contributed by atoms with E-state index < -0.39 is 5.82 Å². The van der Waals surface area contributed by atoms with Gasteiger partial charge >= 0.3 is 0 Å². The Morgan fingerprint density at radius 3 is 2.64 bits per heavy atom. The van der Waals surface area contributed by atoms with E-state index in [0.717, 1.165) is 11.4 Å². The molecule has 0 aliphatic carbocycles. The van der Waals surface area contributed by atoms with Gasteiger partial charge in [0.1, 0.15) is 10.8 Å². The average molecular weight is 362 g/mol. The number of piperidine rings is 1. The summed E-state index contributed by atoms with van der Waals surface area (Å²) in [7, 11) is 0. The number of halogens is 1. The number of nitrogens with one attached hydrogen (secondary N) is 1. The minimum atomic E-state index is -0.518. The van der Waals surface area contributed by atoms with Gasteiger partial charge in [-0.1, -0.05) is 30.4 Å². The third-order valence-corrected chi connectivity index (χ3v) is 5.24. The fourth-order valence-corrected chi connectivity index (χ4v) is 3.49. The van der Waals surface area contributed by atoms with Crippen LogP contribution in [0.15, 0.2) is 24.3 Å². The van der Waals surface area contributed by atoms with E-state index >= 15 is 0 Å². The highest BCUT2D eigenvalue weighted by molar-refractivity contribution is 7.15. The zero-order valence-electron chi connectivity index (χ0n) is 13.9. The van der Waals surface area contributed by atoms with Crippen LogP contribution in [0.5, 0.6) is 0 Å². The van der Waals surface area contributed by atoms with E-state index in [1.807, 2.05) is 6.92 Å². The van der Waals surface area contributed by atoms with Crippen LogP contribution in [-0.2, 0) is 11.2 Å². The molecule has 1 aliphatic rings. The summed E-state index contributed by atoms with van der Waals surface area (Å²) in [6, 6.07) is 5.96. The number of likely N-dealkylation sites (tertiary alicyclic amines) is 1. The minimum absolute atomic E-state index is 0.0753. The van der Waals surface area contributed by atoms with Gasteiger partial charge in [0.25, 0.3) is 5.91 Å². The van der Waals surface area contributed by atoms with Gasteiger partial charge in [-0.25, -0.2) is 4.39 Å². The molecule has 25 heavy (non-hydrogen) atoms. The fraction of sp³-hybridized carbons (Fsp3) is 0.412. The Balaban J connectivity index is 1.55. The summed E-state index contributed by atoms with van der Waals surface area (Å²) >= 11 is 1.37. The van der Waals surface area contributed by atoms with Crippen molar-refractivity contribution in [3.05, 3.63) is 40.7 Å². The zero-order chi connectivity index (χ0) is 17.8. The molecular weight excluding hydrogens is 343 g/mol. The van der Waals surface area contributed by atoms with Crippen LogP contribution in [-0.4, -0.2) is 40.0 Å². The predicted molar refractivity (Wildman–Crippen MR) is 92.9 cm³/mol. The molecule has 1 aromatic carbocycles. The molecule has 0 unspecified atom stereocenters. The SMILES string of the molecule is CCc1nnc(NC(=O)C2CCN(C(=O)c3ccccc3F)CC2)s1. The molecule has 2 amide bonds. The number of amides is 2. The minimum Gasteiger partial charge on any atom is -0.339 e. The van der Waals surface area contributed by atoms with E-state index in [4.69, 9.17) is 0 Å². The molecule has 0 bridgehead atoms. The maximum Gasteiger partial charge on any atom is 0.256 e. The first-order valence-electron chi connectivity index (χ1n) is 8.25. The van der Waals surface area contributed by atoms with E-state index in [-0.39, 0.29) is 23.3 Å². The van der Waals surface area contributed by atoms with Gasteiger partial charge in [-0.3, -0.25) is 9.59 Å². The lowest BCUT2D eigenvalue weighted by atomic mass is 9.95. The monoisotopic (exact) mass is 362 g/mol. The quantitative estimate of drug-likeness (QED) is 0.907. The lowest BCUT2D eigenvalue weighted by molar-refractivity contribution is -0.121. The molecule has 1 aromatic heterocycles. The van der Waals surface area contributed by atoms with E-state index in [1.165, 1.54) is 23.5 Å².